The number of nitro groups is 1. The highest BCUT2D eigenvalue weighted by molar-refractivity contribution is 5.62. The van der Waals surface area contributed by atoms with Crippen molar-refractivity contribution in [1.29, 1.82) is 0 Å². The second kappa shape index (κ2) is 5.26. The van der Waals surface area contributed by atoms with Crippen LogP contribution in [0, 0.1) is 21.4 Å². The summed E-state index contributed by atoms with van der Waals surface area (Å²) >= 11 is 0. The molecule has 1 unspecified atom stereocenters. The molecule has 0 saturated carbocycles. The fraction of sp³-hybridized carbons (Fsp3) is 0.643. The molecule has 1 aromatic heterocycles. The normalized spacial score (nSPS) is 19.2. The quantitative estimate of drug-likeness (QED) is 0.680. The first-order valence-electron chi connectivity index (χ1n) is 6.91. The van der Waals surface area contributed by atoms with Crippen LogP contribution < -0.4 is 10.2 Å². The van der Waals surface area contributed by atoms with Crippen molar-refractivity contribution in [2.45, 2.75) is 27.2 Å². The first kappa shape index (κ1) is 14.6. The van der Waals surface area contributed by atoms with Crippen LogP contribution in [-0.4, -0.2) is 30.0 Å². The van der Waals surface area contributed by atoms with E-state index in [0.717, 1.165) is 19.5 Å². The zero-order valence-corrected chi connectivity index (χ0v) is 12.5. The van der Waals surface area contributed by atoms with Crippen LogP contribution in [0.15, 0.2) is 12.1 Å². The highest BCUT2D eigenvalue weighted by Gasteiger charge is 2.34. The summed E-state index contributed by atoms with van der Waals surface area (Å²) in [4.78, 5) is 17.2. The third kappa shape index (κ3) is 2.84. The number of pyridine rings is 1. The number of hydrogen-bond donors (Lipinski definition) is 1. The maximum absolute atomic E-state index is 11.2. The minimum atomic E-state index is -0.355. The Kier molecular flexibility index (Phi) is 3.83. The zero-order valence-electron chi connectivity index (χ0n) is 12.5. The van der Waals surface area contributed by atoms with Crippen LogP contribution in [0.5, 0.6) is 0 Å². The van der Waals surface area contributed by atoms with E-state index < -0.39 is 0 Å². The lowest BCUT2D eigenvalue weighted by Gasteiger charge is -2.27. The zero-order chi connectivity index (χ0) is 14.9. The van der Waals surface area contributed by atoms with E-state index in [1.54, 1.807) is 13.1 Å². The smallest absolute Gasteiger partial charge is 0.311 e. The van der Waals surface area contributed by atoms with E-state index in [2.05, 4.69) is 31.1 Å². The predicted molar refractivity (Wildman–Crippen MR) is 80.2 cm³/mol. The van der Waals surface area contributed by atoms with E-state index in [1.165, 1.54) is 6.07 Å². The van der Waals surface area contributed by atoms with Gasteiger partial charge in [-0.25, -0.2) is 4.98 Å². The van der Waals surface area contributed by atoms with Crippen molar-refractivity contribution in [2.75, 3.05) is 30.4 Å². The Morgan fingerprint density at radius 3 is 2.65 bits per heavy atom. The first-order valence-corrected chi connectivity index (χ1v) is 6.91. The maximum atomic E-state index is 11.2. The van der Waals surface area contributed by atoms with Gasteiger partial charge in [0.2, 0.25) is 5.82 Å². The molecule has 6 nitrogen and oxygen atoms in total. The Bertz CT molecular complexity index is 510. The molecule has 110 valence electrons. The SMILES string of the molecule is CNc1ccc([N+](=O)[O-])c(N2CCC(C(C)(C)C)C2)n1. The summed E-state index contributed by atoms with van der Waals surface area (Å²) in [6.07, 6.45) is 1.05. The topological polar surface area (TPSA) is 71.3 Å². The molecule has 1 aliphatic heterocycles. The van der Waals surface area contributed by atoms with Gasteiger partial charge in [0.1, 0.15) is 5.82 Å². The van der Waals surface area contributed by atoms with Crippen molar-refractivity contribution >= 4 is 17.3 Å². The Hall–Kier alpha value is -1.85. The highest BCUT2D eigenvalue weighted by Crippen LogP contribution is 2.38. The second-order valence-corrected chi connectivity index (χ2v) is 6.34. The van der Waals surface area contributed by atoms with E-state index in [9.17, 15) is 10.1 Å². The summed E-state index contributed by atoms with van der Waals surface area (Å²) in [5, 5.41) is 14.1. The third-order valence-corrected chi connectivity index (χ3v) is 4.02. The molecule has 1 saturated heterocycles. The lowest BCUT2D eigenvalue weighted by Crippen LogP contribution is -2.27. The minimum absolute atomic E-state index is 0.0820. The van der Waals surface area contributed by atoms with E-state index in [0.29, 0.717) is 17.6 Å². The molecular weight excluding hydrogens is 256 g/mol. The van der Waals surface area contributed by atoms with Crippen molar-refractivity contribution in [3.63, 3.8) is 0 Å². The lowest BCUT2D eigenvalue weighted by molar-refractivity contribution is -0.384. The number of hydrogen-bond acceptors (Lipinski definition) is 5. The second-order valence-electron chi connectivity index (χ2n) is 6.34. The molecule has 0 amide bonds. The van der Waals surface area contributed by atoms with Crippen molar-refractivity contribution in [3.05, 3.63) is 22.2 Å². The van der Waals surface area contributed by atoms with Crippen LogP contribution in [0.25, 0.3) is 0 Å². The van der Waals surface area contributed by atoms with Gasteiger partial charge in [-0.3, -0.25) is 10.1 Å². The average molecular weight is 278 g/mol. The van der Waals surface area contributed by atoms with E-state index in [4.69, 9.17) is 0 Å². The molecule has 2 heterocycles. The van der Waals surface area contributed by atoms with Crippen LogP contribution in [0.1, 0.15) is 27.2 Å². The Morgan fingerprint density at radius 1 is 1.45 bits per heavy atom. The number of anilines is 2. The molecule has 2 rings (SSSR count). The van der Waals surface area contributed by atoms with Gasteiger partial charge in [-0.05, 0) is 23.8 Å². The van der Waals surface area contributed by atoms with Crippen molar-refractivity contribution in [1.82, 2.24) is 4.98 Å². The Morgan fingerprint density at radius 2 is 2.15 bits per heavy atom. The fourth-order valence-electron chi connectivity index (χ4n) is 2.62. The summed E-state index contributed by atoms with van der Waals surface area (Å²) in [7, 11) is 1.76. The molecule has 0 spiro atoms. The molecule has 0 aromatic carbocycles. The largest absolute Gasteiger partial charge is 0.373 e. The monoisotopic (exact) mass is 278 g/mol. The summed E-state index contributed by atoms with van der Waals surface area (Å²) in [6.45, 7) is 8.29. The number of aromatic nitrogens is 1. The van der Waals surface area contributed by atoms with Gasteiger partial charge >= 0.3 is 5.69 Å². The van der Waals surface area contributed by atoms with Gasteiger partial charge in [0.25, 0.3) is 0 Å². The summed E-state index contributed by atoms with van der Waals surface area (Å²) < 4.78 is 0. The van der Waals surface area contributed by atoms with Gasteiger partial charge in [-0.2, -0.15) is 0 Å². The minimum Gasteiger partial charge on any atom is -0.373 e. The lowest BCUT2D eigenvalue weighted by atomic mass is 9.80. The average Bonchev–Trinajstić information content (AvgIpc) is 2.87. The number of nitrogens with zero attached hydrogens (tertiary/aromatic N) is 3. The van der Waals surface area contributed by atoms with Gasteiger partial charge in [0.05, 0.1) is 4.92 Å². The van der Waals surface area contributed by atoms with Gasteiger partial charge in [-0.1, -0.05) is 20.8 Å². The van der Waals surface area contributed by atoms with Crippen LogP contribution >= 0.6 is 0 Å². The van der Waals surface area contributed by atoms with Crippen LogP contribution in [0.3, 0.4) is 0 Å². The standard InChI is InChI=1S/C14H22N4O2/c1-14(2,3)10-7-8-17(9-10)13-11(18(19)20)5-6-12(15-4)16-13/h5-6,10H,7-9H2,1-4H3,(H,15,16). The predicted octanol–water partition coefficient (Wildman–Crippen LogP) is 2.90. The molecule has 6 heteroatoms. The van der Waals surface area contributed by atoms with E-state index in [1.807, 2.05) is 4.90 Å². The van der Waals surface area contributed by atoms with Crippen molar-refractivity contribution in [3.8, 4) is 0 Å². The fourth-order valence-corrected chi connectivity index (χ4v) is 2.62. The van der Waals surface area contributed by atoms with Gasteiger partial charge in [0, 0.05) is 26.2 Å². The molecule has 1 atom stereocenters. The Labute approximate surface area is 119 Å². The molecule has 0 radical (unpaired) electrons. The molecule has 0 bridgehead atoms. The van der Waals surface area contributed by atoms with Gasteiger partial charge in [0.15, 0.2) is 0 Å². The number of nitrogens with one attached hydrogen (secondary N) is 1. The van der Waals surface area contributed by atoms with E-state index in [-0.39, 0.29) is 16.0 Å². The first-order chi connectivity index (χ1) is 9.32. The van der Waals surface area contributed by atoms with Crippen LogP contribution in [0.4, 0.5) is 17.3 Å². The van der Waals surface area contributed by atoms with Crippen molar-refractivity contribution < 1.29 is 4.92 Å². The van der Waals surface area contributed by atoms with Gasteiger partial charge < -0.3 is 10.2 Å². The molecule has 1 aromatic rings. The highest BCUT2D eigenvalue weighted by atomic mass is 16.6. The van der Waals surface area contributed by atoms with Crippen LogP contribution in [-0.2, 0) is 0 Å². The maximum Gasteiger partial charge on any atom is 0.311 e. The summed E-state index contributed by atoms with van der Waals surface area (Å²) in [6, 6.07) is 3.16. The number of rotatable bonds is 3. The van der Waals surface area contributed by atoms with Gasteiger partial charge in [-0.15, -0.1) is 0 Å². The third-order valence-electron chi connectivity index (χ3n) is 4.02. The summed E-state index contributed by atoms with van der Waals surface area (Å²) in [5.41, 5.74) is 0.294. The molecule has 1 aliphatic rings. The molecule has 0 aliphatic carbocycles. The van der Waals surface area contributed by atoms with Crippen LogP contribution in [0.2, 0.25) is 0 Å². The molecule has 1 fully saturated rings. The Balaban J connectivity index is 2.30. The van der Waals surface area contributed by atoms with Crippen molar-refractivity contribution in [2.24, 2.45) is 11.3 Å². The molecule has 1 N–H and O–H groups in total. The van der Waals surface area contributed by atoms with E-state index >= 15 is 0 Å². The summed E-state index contributed by atoms with van der Waals surface area (Å²) in [5.74, 6) is 1.67. The molecule has 20 heavy (non-hydrogen) atoms. The molecular formula is C14H22N4O2.